The number of aromatic nitrogens is 1. The van der Waals surface area contributed by atoms with Crippen LogP contribution < -0.4 is 0 Å². The Morgan fingerprint density at radius 1 is 1.04 bits per heavy atom. The van der Waals surface area contributed by atoms with E-state index in [4.69, 9.17) is 4.74 Å². The fourth-order valence-electron chi connectivity index (χ4n) is 3.67. The minimum absolute atomic E-state index is 0.121. The van der Waals surface area contributed by atoms with Gasteiger partial charge in [0.1, 0.15) is 0 Å². The molecular formula is C21H25N3O2. The van der Waals surface area contributed by atoms with Crippen LogP contribution in [0.2, 0.25) is 0 Å². The Bertz CT molecular complexity index is 765. The summed E-state index contributed by atoms with van der Waals surface area (Å²) in [7, 11) is 0. The summed E-state index contributed by atoms with van der Waals surface area (Å²) in [6.45, 7) is 6.22. The van der Waals surface area contributed by atoms with Gasteiger partial charge in [-0.1, -0.05) is 18.2 Å². The summed E-state index contributed by atoms with van der Waals surface area (Å²) in [6.07, 6.45) is 3.95. The van der Waals surface area contributed by atoms with E-state index in [1.807, 2.05) is 17.0 Å². The van der Waals surface area contributed by atoms with Crippen molar-refractivity contribution >= 4 is 5.91 Å². The molecule has 2 aliphatic heterocycles. The van der Waals surface area contributed by atoms with E-state index in [1.54, 1.807) is 6.20 Å². The predicted molar refractivity (Wildman–Crippen MR) is 101 cm³/mol. The molecule has 0 unspecified atom stereocenters. The average Bonchev–Trinajstić information content (AvgIpc) is 3.23. The highest BCUT2D eigenvalue weighted by Gasteiger charge is 2.20. The van der Waals surface area contributed by atoms with Crippen molar-refractivity contribution in [3.05, 3.63) is 53.7 Å². The summed E-state index contributed by atoms with van der Waals surface area (Å²) < 4.78 is 5.42. The minimum atomic E-state index is 0.121. The molecule has 3 heterocycles. The molecule has 5 nitrogen and oxygen atoms in total. The standard InChI is InChI=1S/C21H25N3O2/c25-21(24-8-1-2-9-24)19-6-7-22-20(15-19)18-5-3-4-17(14-18)16-23-10-12-26-13-11-23/h3-7,14-15H,1-2,8-13,16H2. The first kappa shape index (κ1) is 17.2. The zero-order chi connectivity index (χ0) is 17.8. The van der Waals surface area contributed by atoms with Gasteiger partial charge in [0.05, 0.1) is 18.9 Å². The SMILES string of the molecule is O=C(c1ccnc(-c2cccc(CN3CCOCC3)c2)c1)N1CCCC1. The molecular weight excluding hydrogens is 326 g/mol. The van der Waals surface area contributed by atoms with Crippen LogP contribution >= 0.6 is 0 Å². The summed E-state index contributed by atoms with van der Waals surface area (Å²) >= 11 is 0. The highest BCUT2D eigenvalue weighted by Crippen LogP contribution is 2.22. The number of rotatable bonds is 4. The van der Waals surface area contributed by atoms with Crippen LogP contribution in [-0.2, 0) is 11.3 Å². The van der Waals surface area contributed by atoms with Crippen molar-refractivity contribution in [3.8, 4) is 11.3 Å². The van der Waals surface area contributed by atoms with Crippen LogP contribution in [0.3, 0.4) is 0 Å². The number of benzene rings is 1. The van der Waals surface area contributed by atoms with E-state index in [9.17, 15) is 4.79 Å². The molecule has 4 rings (SSSR count). The quantitative estimate of drug-likeness (QED) is 0.850. The number of hydrogen-bond acceptors (Lipinski definition) is 4. The van der Waals surface area contributed by atoms with Crippen LogP contribution in [-0.4, -0.2) is 60.1 Å². The number of carbonyl (C=O) groups is 1. The number of carbonyl (C=O) groups excluding carboxylic acids is 1. The molecule has 0 radical (unpaired) electrons. The topological polar surface area (TPSA) is 45.7 Å². The first-order valence-electron chi connectivity index (χ1n) is 9.44. The lowest BCUT2D eigenvalue weighted by Crippen LogP contribution is -2.35. The van der Waals surface area contributed by atoms with E-state index in [-0.39, 0.29) is 5.91 Å². The smallest absolute Gasteiger partial charge is 0.253 e. The second kappa shape index (κ2) is 7.98. The van der Waals surface area contributed by atoms with Gasteiger partial charge in [0.15, 0.2) is 0 Å². The van der Waals surface area contributed by atoms with E-state index < -0.39 is 0 Å². The third-order valence-electron chi connectivity index (χ3n) is 5.13. The van der Waals surface area contributed by atoms with Crippen LogP contribution in [0.15, 0.2) is 42.6 Å². The van der Waals surface area contributed by atoms with E-state index in [0.717, 1.165) is 75.6 Å². The summed E-state index contributed by atoms with van der Waals surface area (Å²) in [4.78, 5) is 21.5. The van der Waals surface area contributed by atoms with Gasteiger partial charge >= 0.3 is 0 Å². The van der Waals surface area contributed by atoms with Gasteiger partial charge in [0, 0.05) is 50.0 Å². The second-order valence-corrected chi connectivity index (χ2v) is 7.02. The van der Waals surface area contributed by atoms with Crippen molar-refractivity contribution in [2.24, 2.45) is 0 Å². The highest BCUT2D eigenvalue weighted by atomic mass is 16.5. The van der Waals surface area contributed by atoms with E-state index in [0.29, 0.717) is 0 Å². The highest BCUT2D eigenvalue weighted by molar-refractivity contribution is 5.95. The van der Waals surface area contributed by atoms with Gasteiger partial charge in [0.25, 0.3) is 5.91 Å². The molecule has 0 saturated carbocycles. The largest absolute Gasteiger partial charge is 0.379 e. The Kier molecular flexibility index (Phi) is 5.27. The Morgan fingerprint density at radius 2 is 1.85 bits per heavy atom. The molecule has 1 amide bonds. The number of hydrogen-bond donors (Lipinski definition) is 0. The molecule has 1 aromatic heterocycles. The molecule has 2 fully saturated rings. The Balaban J connectivity index is 1.52. The normalized spacial score (nSPS) is 18.2. The van der Waals surface area contributed by atoms with Gasteiger partial charge in [-0.05, 0) is 36.6 Å². The maximum absolute atomic E-state index is 12.6. The number of nitrogens with zero attached hydrogens (tertiary/aromatic N) is 3. The fraction of sp³-hybridized carbons (Fsp3) is 0.429. The van der Waals surface area contributed by atoms with Crippen molar-refractivity contribution in [1.29, 1.82) is 0 Å². The maximum atomic E-state index is 12.6. The molecule has 5 heteroatoms. The second-order valence-electron chi connectivity index (χ2n) is 7.02. The van der Waals surface area contributed by atoms with Crippen LogP contribution in [0, 0.1) is 0 Å². The molecule has 2 aliphatic rings. The Hall–Kier alpha value is -2.24. The summed E-state index contributed by atoms with van der Waals surface area (Å²) in [6, 6.07) is 12.2. The lowest BCUT2D eigenvalue weighted by atomic mass is 10.1. The van der Waals surface area contributed by atoms with E-state index in [1.165, 1.54) is 5.56 Å². The van der Waals surface area contributed by atoms with Gasteiger partial charge in [0.2, 0.25) is 0 Å². The van der Waals surface area contributed by atoms with Gasteiger partial charge < -0.3 is 9.64 Å². The summed E-state index contributed by atoms with van der Waals surface area (Å²) in [5.74, 6) is 0.121. The first-order chi connectivity index (χ1) is 12.8. The lowest BCUT2D eigenvalue weighted by molar-refractivity contribution is 0.0342. The van der Waals surface area contributed by atoms with Crippen LogP contribution in [0.5, 0.6) is 0 Å². The summed E-state index contributed by atoms with van der Waals surface area (Å²) in [5.41, 5.74) is 3.92. The molecule has 0 bridgehead atoms. The van der Waals surface area contributed by atoms with Crippen LogP contribution in [0.25, 0.3) is 11.3 Å². The van der Waals surface area contributed by atoms with E-state index >= 15 is 0 Å². The van der Waals surface area contributed by atoms with Crippen molar-refractivity contribution in [1.82, 2.24) is 14.8 Å². The van der Waals surface area contributed by atoms with Gasteiger partial charge in [-0.2, -0.15) is 0 Å². The monoisotopic (exact) mass is 351 g/mol. The molecule has 0 N–H and O–H groups in total. The van der Waals surface area contributed by atoms with Crippen LogP contribution in [0.1, 0.15) is 28.8 Å². The first-order valence-corrected chi connectivity index (χ1v) is 9.44. The van der Waals surface area contributed by atoms with Crippen molar-refractivity contribution in [3.63, 3.8) is 0 Å². The number of ether oxygens (including phenoxy) is 1. The molecule has 2 aromatic rings. The maximum Gasteiger partial charge on any atom is 0.253 e. The van der Waals surface area contributed by atoms with Crippen molar-refractivity contribution < 1.29 is 9.53 Å². The van der Waals surface area contributed by atoms with E-state index in [2.05, 4.69) is 34.1 Å². The number of morpholine rings is 1. The Labute approximate surface area is 154 Å². The Morgan fingerprint density at radius 3 is 2.65 bits per heavy atom. The molecule has 136 valence electrons. The van der Waals surface area contributed by atoms with Crippen molar-refractivity contribution in [2.45, 2.75) is 19.4 Å². The lowest BCUT2D eigenvalue weighted by Gasteiger charge is -2.26. The molecule has 0 aliphatic carbocycles. The van der Waals surface area contributed by atoms with Crippen molar-refractivity contribution in [2.75, 3.05) is 39.4 Å². The zero-order valence-electron chi connectivity index (χ0n) is 15.1. The van der Waals surface area contributed by atoms with Crippen LogP contribution in [0.4, 0.5) is 0 Å². The molecule has 2 saturated heterocycles. The summed E-state index contributed by atoms with van der Waals surface area (Å²) in [5, 5.41) is 0. The average molecular weight is 351 g/mol. The number of likely N-dealkylation sites (tertiary alicyclic amines) is 1. The number of amides is 1. The number of pyridine rings is 1. The van der Waals surface area contributed by atoms with Gasteiger partial charge in [-0.3, -0.25) is 14.7 Å². The van der Waals surface area contributed by atoms with Gasteiger partial charge in [-0.25, -0.2) is 0 Å². The fourth-order valence-corrected chi connectivity index (χ4v) is 3.67. The molecule has 26 heavy (non-hydrogen) atoms. The molecule has 0 atom stereocenters. The predicted octanol–water partition coefficient (Wildman–Crippen LogP) is 2.82. The van der Waals surface area contributed by atoms with Gasteiger partial charge in [-0.15, -0.1) is 0 Å². The molecule has 0 spiro atoms. The third kappa shape index (κ3) is 3.94. The molecule has 1 aromatic carbocycles. The third-order valence-corrected chi connectivity index (χ3v) is 5.13. The zero-order valence-corrected chi connectivity index (χ0v) is 15.1. The minimum Gasteiger partial charge on any atom is -0.379 e.